The fraction of sp³-hybridized carbons (Fsp3) is 0.292. The quantitative estimate of drug-likeness (QED) is 0.486. The molecule has 8 heteroatoms. The van der Waals surface area contributed by atoms with Gasteiger partial charge >= 0.3 is 0 Å². The highest BCUT2D eigenvalue weighted by atomic mass is 35.5. The number of hydrogen-bond donors (Lipinski definition) is 2. The molecule has 1 aliphatic rings. The Bertz CT molecular complexity index is 968. The summed E-state index contributed by atoms with van der Waals surface area (Å²) in [5, 5.41) is 6.53. The lowest BCUT2D eigenvalue weighted by Gasteiger charge is -2.36. The molecule has 0 radical (unpaired) electrons. The first kappa shape index (κ1) is 23.8. The van der Waals surface area contributed by atoms with Crippen LogP contribution in [0.15, 0.2) is 54.6 Å². The molecule has 0 unspecified atom stereocenters. The second-order valence-corrected chi connectivity index (χ2v) is 8.34. The number of piperazine rings is 1. The van der Waals surface area contributed by atoms with E-state index >= 15 is 0 Å². The highest BCUT2D eigenvalue weighted by molar-refractivity contribution is 7.80. The van der Waals surface area contributed by atoms with Gasteiger partial charge in [0.05, 0.1) is 0 Å². The van der Waals surface area contributed by atoms with Crippen molar-refractivity contribution in [2.24, 2.45) is 0 Å². The largest absolute Gasteiger partial charge is 0.368 e. The van der Waals surface area contributed by atoms with Crippen LogP contribution in [0.1, 0.15) is 25.3 Å². The first-order valence-corrected chi connectivity index (χ1v) is 11.4. The smallest absolute Gasteiger partial charge is 0.250 e. The first-order valence-electron chi connectivity index (χ1n) is 10.6. The van der Waals surface area contributed by atoms with Gasteiger partial charge in [0.25, 0.3) is 0 Å². The Balaban J connectivity index is 1.46. The molecule has 2 N–H and O–H groups in total. The second kappa shape index (κ2) is 11.6. The van der Waals surface area contributed by atoms with E-state index in [-0.39, 0.29) is 16.9 Å². The van der Waals surface area contributed by atoms with Gasteiger partial charge in [0, 0.05) is 55.1 Å². The summed E-state index contributed by atoms with van der Waals surface area (Å²) >= 11 is 11.1. The van der Waals surface area contributed by atoms with Gasteiger partial charge in [0.15, 0.2) is 5.11 Å². The van der Waals surface area contributed by atoms with Crippen molar-refractivity contribution in [2.75, 3.05) is 36.4 Å². The van der Waals surface area contributed by atoms with Crippen LogP contribution in [0, 0.1) is 0 Å². The molecule has 1 heterocycles. The number of carbonyl (C=O) groups excluding carboxylic acids is 2. The monoisotopic (exact) mass is 470 g/mol. The minimum absolute atomic E-state index is 0.228. The Morgan fingerprint density at radius 2 is 1.69 bits per heavy atom. The van der Waals surface area contributed by atoms with Crippen LogP contribution in [0.5, 0.6) is 0 Å². The fourth-order valence-corrected chi connectivity index (χ4v) is 3.75. The number of nitrogens with zero attached hydrogens (tertiary/aromatic N) is 2. The number of thiocarbonyl (C=S) groups is 1. The van der Waals surface area contributed by atoms with E-state index in [0.29, 0.717) is 11.4 Å². The van der Waals surface area contributed by atoms with E-state index in [1.807, 2.05) is 48.2 Å². The molecule has 2 aromatic carbocycles. The van der Waals surface area contributed by atoms with Crippen LogP contribution < -0.4 is 15.5 Å². The summed E-state index contributed by atoms with van der Waals surface area (Å²) < 4.78 is 0. The van der Waals surface area contributed by atoms with Crippen LogP contribution in [0.25, 0.3) is 6.08 Å². The molecule has 0 atom stereocenters. The molecule has 1 aliphatic heterocycles. The Hall–Kier alpha value is -2.90. The average molecular weight is 471 g/mol. The molecular weight excluding hydrogens is 444 g/mol. The Morgan fingerprint density at radius 3 is 2.31 bits per heavy atom. The van der Waals surface area contributed by atoms with Gasteiger partial charge < -0.3 is 15.1 Å². The maximum absolute atomic E-state index is 12.1. The van der Waals surface area contributed by atoms with Gasteiger partial charge in [0.2, 0.25) is 11.8 Å². The highest BCUT2D eigenvalue weighted by Gasteiger charge is 2.20. The lowest BCUT2D eigenvalue weighted by atomic mass is 10.2. The average Bonchev–Trinajstić information content (AvgIpc) is 2.79. The van der Waals surface area contributed by atoms with E-state index in [4.69, 9.17) is 23.8 Å². The van der Waals surface area contributed by atoms with Crippen LogP contribution >= 0.6 is 23.8 Å². The summed E-state index contributed by atoms with van der Waals surface area (Å²) in [6.07, 6.45) is 4.62. The van der Waals surface area contributed by atoms with Gasteiger partial charge in [-0.1, -0.05) is 30.7 Å². The summed E-state index contributed by atoms with van der Waals surface area (Å²) in [4.78, 5) is 28.3. The maximum atomic E-state index is 12.1. The number of hydrogen-bond acceptors (Lipinski definition) is 4. The third kappa shape index (κ3) is 7.07. The van der Waals surface area contributed by atoms with Gasteiger partial charge in [-0.05, 0) is 66.7 Å². The van der Waals surface area contributed by atoms with E-state index < -0.39 is 0 Å². The lowest BCUT2D eigenvalue weighted by Crippen LogP contribution is -2.48. The molecular formula is C24H27ClN4O2S. The number of rotatable bonds is 6. The molecule has 0 aliphatic carbocycles. The topological polar surface area (TPSA) is 64.7 Å². The van der Waals surface area contributed by atoms with Gasteiger partial charge in [0.1, 0.15) is 0 Å². The van der Waals surface area contributed by atoms with Crippen molar-refractivity contribution in [1.82, 2.24) is 10.2 Å². The van der Waals surface area contributed by atoms with Gasteiger partial charge in [-0.3, -0.25) is 14.9 Å². The summed E-state index contributed by atoms with van der Waals surface area (Å²) in [7, 11) is 0. The van der Waals surface area contributed by atoms with Crippen LogP contribution in [0.2, 0.25) is 5.02 Å². The summed E-state index contributed by atoms with van der Waals surface area (Å²) in [6.45, 7) is 5.16. The van der Waals surface area contributed by atoms with Crippen LogP contribution in [0.3, 0.4) is 0 Å². The molecule has 1 saturated heterocycles. The number of amides is 2. The molecule has 6 nitrogen and oxygen atoms in total. The molecule has 1 fully saturated rings. The van der Waals surface area contributed by atoms with E-state index in [1.54, 1.807) is 18.2 Å². The standard InChI is InChI=1S/C24H27ClN4O2S/c1-2-3-23(31)29-16-14-28(15-17-29)21-11-9-20(10-12-21)26-24(32)27-22(30)13-6-18-4-7-19(25)8-5-18/h4-13H,2-3,14-17H2,1H3,(H2,26,27,30,32)/b13-6+. The third-order valence-corrected chi connectivity index (χ3v) is 5.58. The number of halogens is 1. The number of anilines is 2. The minimum atomic E-state index is -0.315. The van der Waals surface area contributed by atoms with Crippen LogP contribution in [-0.2, 0) is 9.59 Å². The molecule has 168 valence electrons. The SMILES string of the molecule is CCCC(=O)N1CCN(c2ccc(NC(=S)NC(=O)/C=C/c3ccc(Cl)cc3)cc2)CC1. The Kier molecular flexibility index (Phi) is 8.64. The molecule has 3 rings (SSSR count). The summed E-state index contributed by atoms with van der Waals surface area (Å²) in [5.74, 6) is -0.0742. The molecule has 0 saturated carbocycles. The van der Waals surface area contributed by atoms with Crippen molar-refractivity contribution in [2.45, 2.75) is 19.8 Å². The zero-order valence-electron chi connectivity index (χ0n) is 18.0. The number of nitrogens with one attached hydrogen (secondary N) is 2. The zero-order chi connectivity index (χ0) is 22.9. The van der Waals surface area contributed by atoms with Crippen molar-refractivity contribution in [1.29, 1.82) is 0 Å². The first-order chi connectivity index (χ1) is 15.4. The van der Waals surface area contributed by atoms with Crippen molar-refractivity contribution in [3.8, 4) is 0 Å². The predicted molar refractivity (Wildman–Crippen MR) is 135 cm³/mol. The van der Waals surface area contributed by atoms with E-state index in [2.05, 4.69) is 15.5 Å². The Labute approximate surface area is 199 Å². The minimum Gasteiger partial charge on any atom is -0.368 e. The third-order valence-electron chi connectivity index (χ3n) is 5.12. The number of carbonyl (C=O) groups is 2. The van der Waals surface area contributed by atoms with E-state index in [1.165, 1.54) is 6.08 Å². The predicted octanol–water partition coefficient (Wildman–Crippen LogP) is 4.32. The molecule has 2 amide bonds. The molecule has 0 bridgehead atoms. The Morgan fingerprint density at radius 1 is 1.03 bits per heavy atom. The highest BCUT2D eigenvalue weighted by Crippen LogP contribution is 2.20. The molecule has 0 spiro atoms. The van der Waals surface area contributed by atoms with Crippen molar-refractivity contribution in [3.05, 3.63) is 65.2 Å². The van der Waals surface area contributed by atoms with Crippen LogP contribution in [0.4, 0.5) is 11.4 Å². The fourth-order valence-electron chi connectivity index (χ4n) is 3.40. The van der Waals surface area contributed by atoms with Gasteiger partial charge in [-0.25, -0.2) is 0 Å². The van der Waals surface area contributed by atoms with Crippen molar-refractivity contribution in [3.63, 3.8) is 0 Å². The maximum Gasteiger partial charge on any atom is 0.250 e. The van der Waals surface area contributed by atoms with Crippen molar-refractivity contribution < 1.29 is 9.59 Å². The van der Waals surface area contributed by atoms with Crippen LogP contribution in [-0.4, -0.2) is 48.0 Å². The molecule has 2 aromatic rings. The molecule has 32 heavy (non-hydrogen) atoms. The zero-order valence-corrected chi connectivity index (χ0v) is 19.6. The normalized spacial score (nSPS) is 13.8. The van der Waals surface area contributed by atoms with E-state index in [9.17, 15) is 9.59 Å². The molecule has 0 aromatic heterocycles. The van der Waals surface area contributed by atoms with Gasteiger partial charge in [-0.15, -0.1) is 0 Å². The van der Waals surface area contributed by atoms with Gasteiger partial charge in [-0.2, -0.15) is 0 Å². The van der Waals surface area contributed by atoms with Crippen molar-refractivity contribution >= 4 is 58.2 Å². The number of benzene rings is 2. The second-order valence-electron chi connectivity index (χ2n) is 7.49. The van der Waals surface area contributed by atoms with E-state index in [0.717, 1.165) is 49.5 Å². The summed E-state index contributed by atoms with van der Waals surface area (Å²) in [6, 6.07) is 15.0. The summed E-state index contributed by atoms with van der Waals surface area (Å²) in [5.41, 5.74) is 2.76. The lowest BCUT2D eigenvalue weighted by molar-refractivity contribution is -0.131.